The topological polar surface area (TPSA) is 85.2 Å². The third kappa shape index (κ3) is 4.31. The van der Waals surface area contributed by atoms with Gasteiger partial charge in [-0.05, 0) is 25.5 Å². The third-order valence-corrected chi connectivity index (χ3v) is 5.05. The van der Waals surface area contributed by atoms with Crippen molar-refractivity contribution in [3.63, 3.8) is 0 Å². The summed E-state index contributed by atoms with van der Waals surface area (Å²) in [7, 11) is 1.56. The van der Waals surface area contributed by atoms with Gasteiger partial charge >= 0.3 is 0 Å². The second-order valence-electron chi connectivity index (χ2n) is 6.77. The molecule has 2 aliphatic heterocycles. The maximum atomic E-state index is 12.7. The number of rotatable bonds is 5. The molecule has 1 unspecified atom stereocenters. The molecule has 0 N–H and O–H groups in total. The van der Waals surface area contributed by atoms with Crippen molar-refractivity contribution < 1.29 is 19.2 Å². The quantitative estimate of drug-likeness (QED) is 0.584. The molecule has 0 bridgehead atoms. The number of carbonyl (C=O) groups is 1. The van der Waals surface area contributed by atoms with Gasteiger partial charge in [-0.1, -0.05) is 0 Å². The third-order valence-electron chi connectivity index (χ3n) is 5.05. The van der Waals surface area contributed by atoms with Crippen molar-refractivity contribution in [2.45, 2.75) is 19.4 Å². The molecule has 0 saturated carbocycles. The number of ether oxygens (including phenoxy) is 2. The Morgan fingerprint density at radius 1 is 1.35 bits per heavy atom. The summed E-state index contributed by atoms with van der Waals surface area (Å²) in [6, 6.07) is 4.64. The zero-order chi connectivity index (χ0) is 18.5. The van der Waals surface area contributed by atoms with E-state index < -0.39 is 4.92 Å². The van der Waals surface area contributed by atoms with Crippen LogP contribution in [0.25, 0.3) is 0 Å². The van der Waals surface area contributed by atoms with Crippen LogP contribution < -0.4 is 4.74 Å². The Morgan fingerprint density at radius 3 is 2.81 bits per heavy atom. The molecule has 8 heteroatoms. The SMILES string of the molecule is COc1ccc([N+](=O)[O-])cc1CN1CCCC(C(=O)N2CCOCC2)C1. The number of nitrogens with zero attached hydrogens (tertiary/aromatic N) is 3. The number of nitro groups is 1. The number of hydrogen-bond donors (Lipinski definition) is 0. The zero-order valence-electron chi connectivity index (χ0n) is 15.1. The maximum Gasteiger partial charge on any atom is 0.270 e. The van der Waals surface area contributed by atoms with E-state index in [0.29, 0.717) is 45.1 Å². The van der Waals surface area contributed by atoms with Gasteiger partial charge in [-0.3, -0.25) is 19.8 Å². The highest BCUT2D eigenvalue weighted by molar-refractivity contribution is 5.79. The van der Waals surface area contributed by atoms with Crippen molar-refractivity contribution in [1.82, 2.24) is 9.80 Å². The van der Waals surface area contributed by atoms with Gasteiger partial charge in [0, 0.05) is 43.9 Å². The number of methoxy groups -OCH3 is 1. The molecule has 1 aromatic carbocycles. The number of amides is 1. The van der Waals surface area contributed by atoms with Crippen LogP contribution in [0.5, 0.6) is 5.75 Å². The molecular formula is C18H25N3O5. The largest absolute Gasteiger partial charge is 0.496 e. The van der Waals surface area contributed by atoms with Crippen LogP contribution >= 0.6 is 0 Å². The van der Waals surface area contributed by atoms with E-state index >= 15 is 0 Å². The smallest absolute Gasteiger partial charge is 0.270 e. The summed E-state index contributed by atoms with van der Waals surface area (Å²) in [5, 5.41) is 11.1. The molecule has 26 heavy (non-hydrogen) atoms. The van der Waals surface area contributed by atoms with Crippen molar-refractivity contribution in [2.75, 3.05) is 46.5 Å². The molecule has 1 amide bonds. The summed E-state index contributed by atoms with van der Waals surface area (Å²) < 4.78 is 10.7. The van der Waals surface area contributed by atoms with E-state index in [1.807, 2.05) is 4.90 Å². The normalized spacial score (nSPS) is 21.4. The van der Waals surface area contributed by atoms with Crippen LogP contribution in [0.15, 0.2) is 18.2 Å². The molecule has 1 aromatic rings. The van der Waals surface area contributed by atoms with Crippen molar-refractivity contribution in [2.24, 2.45) is 5.92 Å². The van der Waals surface area contributed by atoms with Crippen LogP contribution in [0.3, 0.4) is 0 Å². The van der Waals surface area contributed by atoms with Crippen molar-refractivity contribution >= 4 is 11.6 Å². The Hall–Kier alpha value is -2.19. The Kier molecular flexibility index (Phi) is 6.05. The number of benzene rings is 1. The fourth-order valence-electron chi connectivity index (χ4n) is 3.69. The lowest BCUT2D eigenvalue weighted by molar-refractivity contribution is -0.385. The van der Waals surface area contributed by atoms with E-state index in [4.69, 9.17) is 9.47 Å². The molecule has 8 nitrogen and oxygen atoms in total. The van der Waals surface area contributed by atoms with E-state index in [2.05, 4.69) is 4.90 Å². The molecule has 142 valence electrons. The van der Waals surface area contributed by atoms with Crippen LogP contribution in [0.1, 0.15) is 18.4 Å². The molecular weight excluding hydrogens is 338 g/mol. The number of carbonyl (C=O) groups excluding carboxylic acids is 1. The first-order valence-corrected chi connectivity index (χ1v) is 8.98. The van der Waals surface area contributed by atoms with Gasteiger partial charge in [-0.25, -0.2) is 0 Å². The molecule has 0 aliphatic carbocycles. The highest BCUT2D eigenvalue weighted by Crippen LogP contribution is 2.27. The number of non-ortho nitro benzene ring substituents is 1. The van der Waals surface area contributed by atoms with Crippen LogP contribution in [-0.4, -0.2) is 67.1 Å². The Balaban J connectivity index is 1.67. The molecule has 0 aromatic heterocycles. The second-order valence-corrected chi connectivity index (χ2v) is 6.77. The second kappa shape index (κ2) is 8.46. The summed E-state index contributed by atoms with van der Waals surface area (Å²) in [5.41, 5.74) is 0.833. The Morgan fingerprint density at radius 2 is 2.12 bits per heavy atom. The fourth-order valence-corrected chi connectivity index (χ4v) is 3.69. The van der Waals surface area contributed by atoms with Gasteiger partial charge in [-0.15, -0.1) is 0 Å². The van der Waals surface area contributed by atoms with Gasteiger partial charge in [0.1, 0.15) is 5.75 Å². The van der Waals surface area contributed by atoms with Gasteiger partial charge < -0.3 is 14.4 Å². The number of likely N-dealkylation sites (tertiary alicyclic amines) is 1. The summed E-state index contributed by atoms with van der Waals surface area (Å²) in [6.45, 7) is 4.61. The van der Waals surface area contributed by atoms with Gasteiger partial charge in [0.05, 0.1) is 31.2 Å². The first-order chi connectivity index (χ1) is 12.6. The summed E-state index contributed by atoms with van der Waals surface area (Å²) >= 11 is 0. The molecule has 2 aliphatic rings. The van der Waals surface area contributed by atoms with Crippen molar-refractivity contribution in [3.05, 3.63) is 33.9 Å². The fraction of sp³-hybridized carbons (Fsp3) is 0.611. The molecule has 1 atom stereocenters. The average Bonchev–Trinajstić information content (AvgIpc) is 2.68. The molecule has 0 spiro atoms. The number of nitro benzene ring substituents is 1. The number of piperidine rings is 1. The van der Waals surface area contributed by atoms with Crippen molar-refractivity contribution in [1.29, 1.82) is 0 Å². The van der Waals surface area contributed by atoms with Gasteiger partial charge in [0.15, 0.2) is 0 Å². The van der Waals surface area contributed by atoms with Gasteiger partial charge in [0.2, 0.25) is 5.91 Å². The first kappa shape index (κ1) is 18.6. The summed E-state index contributed by atoms with van der Waals surface area (Å²) in [6.07, 6.45) is 1.83. The van der Waals surface area contributed by atoms with Gasteiger partial charge in [0.25, 0.3) is 5.69 Å². The van der Waals surface area contributed by atoms with Crippen LogP contribution in [0.2, 0.25) is 0 Å². The summed E-state index contributed by atoms with van der Waals surface area (Å²) in [4.78, 5) is 27.5. The Labute approximate surface area is 152 Å². The lowest BCUT2D eigenvalue weighted by atomic mass is 9.95. The van der Waals surface area contributed by atoms with Crippen LogP contribution in [0.4, 0.5) is 5.69 Å². The molecule has 2 heterocycles. The highest BCUT2D eigenvalue weighted by Gasteiger charge is 2.30. The van der Waals surface area contributed by atoms with E-state index in [-0.39, 0.29) is 17.5 Å². The summed E-state index contributed by atoms with van der Waals surface area (Å²) in [5.74, 6) is 0.813. The minimum Gasteiger partial charge on any atom is -0.496 e. The molecule has 3 rings (SSSR count). The standard InChI is InChI=1S/C18H25N3O5/c1-25-17-5-4-16(21(23)24)11-15(17)13-19-6-2-3-14(12-19)18(22)20-7-9-26-10-8-20/h4-5,11,14H,2-3,6-10,12-13H2,1H3. The number of morpholine rings is 1. The molecule has 2 saturated heterocycles. The predicted octanol–water partition coefficient (Wildman–Crippen LogP) is 1.67. The minimum absolute atomic E-state index is 0.0217. The average molecular weight is 363 g/mol. The molecule has 2 fully saturated rings. The lowest BCUT2D eigenvalue weighted by Crippen LogP contribution is -2.48. The maximum absolute atomic E-state index is 12.7. The first-order valence-electron chi connectivity index (χ1n) is 8.98. The van der Waals surface area contributed by atoms with E-state index in [1.165, 1.54) is 6.07 Å². The highest BCUT2D eigenvalue weighted by atomic mass is 16.6. The zero-order valence-corrected chi connectivity index (χ0v) is 15.1. The van der Waals surface area contributed by atoms with Crippen LogP contribution in [-0.2, 0) is 16.1 Å². The predicted molar refractivity (Wildman–Crippen MR) is 95.0 cm³/mol. The lowest BCUT2D eigenvalue weighted by Gasteiger charge is -2.36. The van der Waals surface area contributed by atoms with Gasteiger partial charge in [-0.2, -0.15) is 0 Å². The van der Waals surface area contributed by atoms with Crippen LogP contribution in [0, 0.1) is 16.0 Å². The van der Waals surface area contributed by atoms with Crippen molar-refractivity contribution in [3.8, 4) is 5.75 Å². The Bertz CT molecular complexity index is 660. The monoisotopic (exact) mass is 363 g/mol. The number of hydrogen-bond acceptors (Lipinski definition) is 6. The van der Waals surface area contributed by atoms with E-state index in [0.717, 1.165) is 24.9 Å². The minimum atomic E-state index is -0.399. The van der Waals surface area contributed by atoms with E-state index in [9.17, 15) is 14.9 Å². The molecule has 0 radical (unpaired) electrons. The van der Waals surface area contributed by atoms with E-state index in [1.54, 1.807) is 19.2 Å².